The molecule has 0 aliphatic rings. The van der Waals surface area contributed by atoms with Gasteiger partial charge in [0.1, 0.15) is 0 Å². The molecule has 0 amide bonds. The summed E-state index contributed by atoms with van der Waals surface area (Å²) in [4.78, 5) is 23.1. The number of carbonyl (C=O) groups excluding carboxylic acids is 1. The molecule has 1 rings (SSSR count). The summed E-state index contributed by atoms with van der Waals surface area (Å²) in [7, 11) is 0. The fraction of sp³-hybridized carbons (Fsp3) is 0.250. The molecule has 0 atom stereocenters. The summed E-state index contributed by atoms with van der Waals surface area (Å²) in [5.41, 5.74) is 0. The van der Waals surface area contributed by atoms with Crippen molar-refractivity contribution in [1.29, 1.82) is 0 Å². The molecule has 0 saturated heterocycles. The van der Waals surface area contributed by atoms with Crippen LogP contribution in [-0.2, 0) is 9.13 Å². The van der Waals surface area contributed by atoms with Gasteiger partial charge in [-0.1, -0.05) is 23.5 Å². The molecule has 0 aromatic carbocycles. The van der Waals surface area contributed by atoms with Crippen LogP contribution in [0, 0.1) is 12.0 Å². The number of anilines is 1. The molecule has 0 aliphatic heterocycles. The Bertz CT molecular complexity index is 472. The van der Waals surface area contributed by atoms with Crippen LogP contribution >= 0.6 is 35.6 Å². The molecule has 0 saturated carbocycles. The molecule has 0 radical (unpaired) electrons. The van der Waals surface area contributed by atoms with Gasteiger partial charge in [0.2, 0.25) is 5.95 Å². The van der Waals surface area contributed by atoms with Gasteiger partial charge >= 0.3 is 29.6 Å². The molecular weight excluding hydrogens is 319 g/mol. The van der Waals surface area contributed by atoms with E-state index in [1.54, 1.807) is 0 Å². The number of hydrogen-bond acceptors (Lipinski definition) is 10. The molecule has 0 fully saturated rings. The Balaban J connectivity index is 0.00000324. The Kier molecular flexibility index (Phi) is 10.8. The summed E-state index contributed by atoms with van der Waals surface area (Å²) in [5, 5.41) is 12.6. The zero-order valence-electron chi connectivity index (χ0n) is 10.3. The average molecular weight is 326 g/mol. The van der Waals surface area contributed by atoms with Crippen LogP contribution < -0.4 is 40.1 Å². The Labute approximate surface area is 144 Å². The third-order valence-electron chi connectivity index (χ3n) is 1.41. The van der Waals surface area contributed by atoms with Gasteiger partial charge in [-0.05, 0) is 12.5 Å². The summed E-state index contributed by atoms with van der Waals surface area (Å²) in [6, 6.07) is 2.33. The van der Waals surface area contributed by atoms with Crippen LogP contribution in [0.4, 0.5) is 5.95 Å². The summed E-state index contributed by atoms with van der Waals surface area (Å²) < 4.78 is 3.32. The first-order valence-corrected chi connectivity index (χ1v) is 7.50. The molecule has 1 aromatic heterocycles. The molecule has 11 heteroatoms. The Morgan fingerprint density at radius 2 is 1.84 bits per heavy atom. The Morgan fingerprint density at radius 3 is 2.32 bits per heavy atom. The first-order valence-electron chi connectivity index (χ1n) is 4.31. The van der Waals surface area contributed by atoms with E-state index in [0.29, 0.717) is 10.3 Å². The fourth-order valence-electron chi connectivity index (χ4n) is 0.766. The predicted octanol–water partition coefficient (Wildman–Crippen LogP) is -2.84. The van der Waals surface area contributed by atoms with Crippen molar-refractivity contribution in [3.63, 3.8) is 0 Å². The SMILES string of the molecule is CSc1nc(NC#CC(=O)SO[O-])nc(SC)n1.[Na+]. The van der Waals surface area contributed by atoms with Crippen LogP contribution in [0.5, 0.6) is 0 Å². The van der Waals surface area contributed by atoms with Crippen LogP contribution in [0.15, 0.2) is 10.3 Å². The average Bonchev–Trinajstić information content (AvgIpc) is 2.38. The van der Waals surface area contributed by atoms with E-state index in [0.717, 1.165) is 0 Å². The van der Waals surface area contributed by atoms with Gasteiger partial charge in [0.25, 0.3) is 5.12 Å². The third-order valence-corrected chi connectivity index (χ3v) is 2.83. The zero-order valence-corrected chi connectivity index (χ0v) is 14.7. The van der Waals surface area contributed by atoms with Crippen LogP contribution in [0.1, 0.15) is 0 Å². The smallest absolute Gasteiger partial charge is 0.710 e. The van der Waals surface area contributed by atoms with Crippen molar-refractivity contribution in [2.24, 2.45) is 0 Å². The topological polar surface area (TPSA) is 100 Å². The van der Waals surface area contributed by atoms with Gasteiger partial charge in [-0.2, -0.15) is 15.0 Å². The van der Waals surface area contributed by atoms with Crippen molar-refractivity contribution in [2.75, 3.05) is 17.8 Å². The summed E-state index contributed by atoms with van der Waals surface area (Å²) >= 11 is 2.84. The maximum absolute atomic E-state index is 10.8. The first kappa shape index (κ1) is 19.0. The van der Waals surface area contributed by atoms with Crippen molar-refractivity contribution < 1.29 is 43.9 Å². The molecule has 7 nitrogen and oxygen atoms in total. The van der Waals surface area contributed by atoms with Gasteiger partial charge in [0.15, 0.2) is 10.3 Å². The van der Waals surface area contributed by atoms with Gasteiger partial charge in [0.05, 0.1) is 12.0 Å². The molecule has 0 bridgehead atoms. The second-order valence-electron chi connectivity index (χ2n) is 2.45. The first-order chi connectivity index (χ1) is 8.69. The standard InChI is InChI=1S/C8H8N4O3S3.Na/c1-16-7-10-6(11-8(12-7)17-2)9-4-3-5(13)18-15-14;/h14H,1-2H3,(H,9,10,11,12);/q;+1/p-1. The monoisotopic (exact) mass is 326 g/mol. The maximum atomic E-state index is 10.8. The molecule has 96 valence electrons. The molecule has 0 unspecified atom stereocenters. The molecule has 1 N–H and O–H groups in total. The van der Waals surface area contributed by atoms with Crippen LogP contribution in [0.2, 0.25) is 0 Å². The number of rotatable bonds is 4. The van der Waals surface area contributed by atoms with Gasteiger partial charge in [-0.3, -0.25) is 10.1 Å². The normalized spacial score (nSPS) is 9.00. The van der Waals surface area contributed by atoms with Gasteiger partial charge in [0, 0.05) is 12.0 Å². The quantitative estimate of drug-likeness (QED) is 0.118. The molecule has 1 aromatic rings. The van der Waals surface area contributed by atoms with Gasteiger partial charge < -0.3 is 9.59 Å². The fourth-order valence-corrected chi connectivity index (χ4v) is 1.69. The minimum atomic E-state index is -0.707. The largest absolute Gasteiger partial charge is 1.00 e. The maximum Gasteiger partial charge on any atom is 1.00 e. The van der Waals surface area contributed by atoms with Crippen molar-refractivity contribution in [3.05, 3.63) is 0 Å². The Morgan fingerprint density at radius 1 is 1.26 bits per heavy atom. The van der Waals surface area contributed by atoms with E-state index < -0.39 is 5.12 Å². The molecule has 0 spiro atoms. The summed E-state index contributed by atoms with van der Waals surface area (Å²) in [6.45, 7) is 0. The number of hydrogen-bond donors (Lipinski definition) is 1. The summed E-state index contributed by atoms with van der Waals surface area (Å²) in [6.07, 6.45) is 3.67. The zero-order chi connectivity index (χ0) is 13.4. The number of nitrogens with zero attached hydrogens (tertiary/aromatic N) is 3. The predicted molar refractivity (Wildman–Crippen MR) is 68.5 cm³/mol. The van der Waals surface area contributed by atoms with E-state index in [9.17, 15) is 10.1 Å². The summed E-state index contributed by atoms with van der Waals surface area (Å²) in [5.74, 6) is 2.37. The molecule has 1 heterocycles. The van der Waals surface area contributed by atoms with Crippen LogP contribution in [0.25, 0.3) is 0 Å². The minimum Gasteiger partial charge on any atom is -0.710 e. The van der Waals surface area contributed by atoms with E-state index >= 15 is 0 Å². The van der Waals surface area contributed by atoms with E-state index in [1.807, 2.05) is 12.5 Å². The molecular formula is C8H7N4NaO3S3. The van der Waals surface area contributed by atoms with E-state index in [1.165, 1.54) is 23.5 Å². The van der Waals surface area contributed by atoms with Crippen LogP contribution in [0.3, 0.4) is 0 Å². The second kappa shape index (κ2) is 10.8. The van der Waals surface area contributed by atoms with Crippen LogP contribution in [-0.4, -0.2) is 32.6 Å². The van der Waals surface area contributed by atoms with Gasteiger partial charge in [-0.25, -0.2) is 0 Å². The minimum absolute atomic E-state index is 0. The number of thioether (sulfide) groups is 2. The van der Waals surface area contributed by atoms with Crippen molar-refractivity contribution in [2.45, 2.75) is 10.3 Å². The number of aromatic nitrogens is 3. The van der Waals surface area contributed by atoms with E-state index in [4.69, 9.17) is 0 Å². The van der Waals surface area contributed by atoms with E-state index in [2.05, 4.69) is 36.6 Å². The van der Waals surface area contributed by atoms with Crippen molar-refractivity contribution in [1.82, 2.24) is 15.0 Å². The van der Waals surface area contributed by atoms with Crippen molar-refractivity contribution in [3.8, 4) is 12.0 Å². The van der Waals surface area contributed by atoms with Crippen molar-refractivity contribution >= 4 is 46.6 Å². The number of nitrogens with one attached hydrogen (secondary N) is 1. The third kappa shape index (κ3) is 7.38. The number of carbonyl (C=O) groups is 1. The Hall–Kier alpha value is 0.01000. The van der Waals surface area contributed by atoms with E-state index in [-0.39, 0.29) is 47.5 Å². The molecule has 19 heavy (non-hydrogen) atoms. The van der Waals surface area contributed by atoms with Gasteiger partial charge in [-0.15, -0.1) is 0 Å². The second-order valence-corrected chi connectivity index (χ2v) is 4.67. The molecule has 0 aliphatic carbocycles.